The molecule has 0 aromatic heterocycles. The van der Waals surface area contributed by atoms with E-state index in [0.717, 1.165) is 6.42 Å². The number of hydrogen-bond donors (Lipinski definition) is 0. The zero-order chi connectivity index (χ0) is 22.2. The Kier molecular flexibility index (Phi) is 7.41. The average molecular weight is 431 g/mol. The van der Waals surface area contributed by atoms with E-state index in [0.29, 0.717) is 28.7 Å². The smallest absolute Gasteiger partial charge is 0.150 e. The Balaban J connectivity index is 1.77. The van der Waals surface area contributed by atoms with Gasteiger partial charge < -0.3 is 0 Å². The molecule has 1 nitrogen and oxygen atoms in total. The maximum Gasteiger partial charge on any atom is 0.150 e. The summed E-state index contributed by atoms with van der Waals surface area (Å²) < 4.78 is 42.2. The molecule has 3 rings (SSSR count). The van der Waals surface area contributed by atoms with E-state index in [4.69, 9.17) is 0 Å². The molecule has 0 radical (unpaired) electrons. The fraction of sp³-hybridized carbons (Fsp3) is 0.115. The van der Waals surface area contributed by atoms with Crippen molar-refractivity contribution in [2.75, 3.05) is 0 Å². The highest BCUT2D eigenvalue weighted by Gasteiger charge is 2.08. The van der Waals surface area contributed by atoms with E-state index in [1.807, 2.05) is 6.92 Å². The van der Waals surface area contributed by atoms with Crippen LogP contribution in [-0.4, -0.2) is 5.16 Å². The first-order chi connectivity index (χ1) is 15.0. The van der Waals surface area contributed by atoms with Crippen LogP contribution in [0, 0.1) is 41.1 Å². The molecule has 0 amide bonds. The van der Waals surface area contributed by atoms with Gasteiger partial charge >= 0.3 is 0 Å². The van der Waals surface area contributed by atoms with Crippen LogP contribution in [0.1, 0.15) is 41.2 Å². The molecule has 0 bridgehead atoms. The third kappa shape index (κ3) is 5.93. The molecule has 3 aromatic rings. The van der Waals surface area contributed by atoms with Crippen molar-refractivity contribution in [2.45, 2.75) is 19.8 Å². The number of aliphatic imine (C=N–C) groups is 1. The van der Waals surface area contributed by atoms with E-state index in [-0.39, 0.29) is 11.3 Å². The summed E-state index contributed by atoms with van der Waals surface area (Å²) in [6, 6.07) is 13.9. The zero-order valence-electron chi connectivity index (χ0n) is 16.6. The van der Waals surface area contributed by atoms with Gasteiger partial charge in [-0.25, -0.2) is 13.2 Å². The number of rotatable bonds is 3. The van der Waals surface area contributed by atoms with Crippen molar-refractivity contribution in [3.63, 3.8) is 0 Å². The molecular weight excluding hydrogens is 415 g/mol. The summed E-state index contributed by atoms with van der Waals surface area (Å²) in [5, 5.41) is 2.12. The molecule has 0 aliphatic rings. The van der Waals surface area contributed by atoms with Crippen LogP contribution in [0.3, 0.4) is 0 Å². The molecule has 0 N–H and O–H groups in total. The van der Waals surface area contributed by atoms with Crippen molar-refractivity contribution in [1.29, 1.82) is 0 Å². The second kappa shape index (κ2) is 10.4. The van der Waals surface area contributed by atoms with Crippen LogP contribution < -0.4 is 0 Å². The Hall–Kier alpha value is -3.63. The normalized spacial score (nSPS) is 9.68. The maximum atomic E-state index is 14.2. The highest BCUT2D eigenvalue weighted by atomic mass is 32.1. The summed E-state index contributed by atoms with van der Waals surface area (Å²) in [5.41, 5.74) is 2.25. The van der Waals surface area contributed by atoms with Crippen molar-refractivity contribution in [3.05, 3.63) is 99.9 Å². The van der Waals surface area contributed by atoms with Crippen LogP contribution in [0.5, 0.6) is 0 Å². The van der Waals surface area contributed by atoms with Gasteiger partial charge in [-0.3, -0.25) is 0 Å². The molecule has 0 saturated carbocycles. The number of nitrogens with zero attached hydrogens (tertiary/aromatic N) is 1. The molecule has 0 saturated heterocycles. The van der Waals surface area contributed by atoms with Gasteiger partial charge in [-0.2, -0.15) is 4.99 Å². The Bertz CT molecular complexity index is 1260. The lowest BCUT2D eigenvalue weighted by molar-refractivity contribution is 0.573. The van der Waals surface area contributed by atoms with Gasteiger partial charge in [-0.1, -0.05) is 37.0 Å². The van der Waals surface area contributed by atoms with E-state index in [2.05, 4.69) is 46.1 Å². The molecular formula is C26H16F3NS. The molecule has 0 unspecified atom stereocenters. The molecule has 0 heterocycles. The lowest BCUT2D eigenvalue weighted by Crippen LogP contribution is -1.94. The van der Waals surface area contributed by atoms with Crippen LogP contribution in [-0.2, 0) is 6.42 Å². The Morgan fingerprint density at radius 3 is 1.84 bits per heavy atom. The van der Waals surface area contributed by atoms with Gasteiger partial charge in [0, 0.05) is 16.7 Å². The Labute approximate surface area is 184 Å². The van der Waals surface area contributed by atoms with E-state index < -0.39 is 17.5 Å². The standard InChI is InChI=1S/C26H16F3NS/c1-2-3-21-15-23(27)22(24(28)16-21)12-10-19-6-4-18(5-7-19)8-9-20-11-13-26(30-17-31)25(29)14-20/h4-7,11,13-16H,2-3H2,1H3. The molecule has 0 aliphatic heterocycles. The number of isothiocyanates is 1. The largest absolute Gasteiger partial charge is 0.206 e. The van der Waals surface area contributed by atoms with Crippen molar-refractivity contribution in [1.82, 2.24) is 0 Å². The van der Waals surface area contributed by atoms with Crippen LogP contribution in [0.2, 0.25) is 0 Å². The van der Waals surface area contributed by atoms with E-state index in [9.17, 15) is 13.2 Å². The predicted octanol–water partition coefficient (Wildman–Crippen LogP) is 6.59. The number of benzene rings is 3. The minimum Gasteiger partial charge on any atom is -0.206 e. The zero-order valence-corrected chi connectivity index (χ0v) is 17.4. The summed E-state index contributed by atoms with van der Waals surface area (Å²) in [6.07, 6.45) is 1.42. The summed E-state index contributed by atoms with van der Waals surface area (Å²) in [7, 11) is 0. The summed E-state index contributed by atoms with van der Waals surface area (Å²) in [6.45, 7) is 1.95. The van der Waals surface area contributed by atoms with Gasteiger partial charge in [0.05, 0.1) is 10.7 Å². The molecule has 0 spiro atoms. The minimum atomic E-state index is -0.659. The molecule has 0 aliphatic carbocycles. The third-order valence-electron chi connectivity index (χ3n) is 4.32. The number of thiocarbonyl (C=S) groups is 1. The SMILES string of the molecule is CCCc1cc(F)c(C#Cc2ccc(C#Cc3ccc(N=C=S)c(F)c3)cc2)c(F)c1. The maximum absolute atomic E-state index is 14.2. The van der Waals surface area contributed by atoms with Gasteiger partial charge in [-0.05, 0) is 78.8 Å². The molecule has 5 heteroatoms. The molecule has 152 valence electrons. The van der Waals surface area contributed by atoms with E-state index in [1.165, 1.54) is 24.3 Å². The van der Waals surface area contributed by atoms with Crippen LogP contribution in [0.15, 0.2) is 59.6 Å². The number of hydrogen-bond acceptors (Lipinski definition) is 2. The lowest BCUT2D eigenvalue weighted by atomic mass is 10.1. The van der Waals surface area contributed by atoms with Gasteiger partial charge in [0.25, 0.3) is 0 Å². The summed E-state index contributed by atoms with van der Waals surface area (Å²) in [4.78, 5) is 3.62. The van der Waals surface area contributed by atoms with Gasteiger partial charge in [0.1, 0.15) is 17.3 Å². The topological polar surface area (TPSA) is 12.4 Å². The second-order valence-corrected chi connectivity index (χ2v) is 6.81. The lowest BCUT2D eigenvalue weighted by Gasteiger charge is -2.02. The minimum absolute atomic E-state index is 0.108. The van der Waals surface area contributed by atoms with E-state index >= 15 is 0 Å². The fourth-order valence-electron chi connectivity index (χ4n) is 2.82. The first kappa shape index (κ1) is 22.1. The summed E-state index contributed by atoms with van der Waals surface area (Å²) in [5.74, 6) is 9.28. The monoisotopic (exact) mass is 431 g/mol. The summed E-state index contributed by atoms with van der Waals surface area (Å²) >= 11 is 4.47. The number of aryl methyl sites for hydroxylation is 1. The molecule has 3 aromatic carbocycles. The van der Waals surface area contributed by atoms with Crippen molar-refractivity contribution >= 4 is 23.1 Å². The van der Waals surface area contributed by atoms with Crippen LogP contribution >= 0.6 is 12.2 Å². The Morgan fingerprint density at radius 1 is 0.742 bits per heavy atom. The molecule has 0 atom stereocenters. The van der Waals surface area contributed by atoms with Gasteiger partial charge in [0.2, 0.25) is 0 Å². The Morgan fingerprint density at radius 2 is 1.29 bits per heavy atom. The first-order valence-electron chi connectivity index (χ1n) is 9.49. The molecule has 0 fully saturated rings. The van der Waals surface area contributed by atoms with Crippen LogP contribution in [0.4, 0.5) is 18.9 Å². The van der Waals surface area contributed by atoms with Crippen LogP contribution in [0.25, 0.3) is 0 Å². The molecule has 31 heavy (non-hydrogen) atoms. The average Bonchev–Trinajstić information content (AvgIpc) is 2.74. The van der Waals surface area contributed by atoms with Crippen molar-refractivity contribution < 1.29 is 13.2 Å². The third-order valence-corrected chi connectivity index (χ3v) is 4.41. The van der Waals surface area contributed by atoms with Crippen molar-refractivity contribution in [3.8, 4) is 23.7 Å². The van der Waals surface area contributed by atoms with Gasteiger partial charge in [0.15, 0.2) is 5.82 Å². The predicted molar refractivity (Wildman–Crippen MR) is 120 cm³/mol. The quantitative estimate of drug-likeness (QED) is 0.259. The fourth-order valence-corrected chi connectivity index (χ4v) is 2.92. The number of halogens is 3. The highest BCUT2D eigenvalue weighted by Crippen LogP contribution is 2.18. The van der Waals surface area contributed by atoms with Gasteiger partial charge in [-0.15, -0.1) is 0 Å². The first-order valence-corrected chi connectivity index (χ1v) is 9.90. The van der Waals surface area contributed by atoms with E-state index in [1.54, 1.807) is 30.3 Å². The van der Waals surface area contributed by atoms with Crippen molar-refractivity contribution in [2.24, 2.45) is 4.99 Å². The second-order valence-electron chi connectivity index (χ2n) is 6.63. The highest BCUT2D eigenvalue weighted by molar-refractivity contribution is 7.78.